The molecule has 1 fully saturated rings. The SMILES string of the molecule is CN(CCOC[C@@H]1CCCN1c1ncc2c(n1)c(Br)nn2S(C)(=O)=O)C(=O)OC(C)(C)C. The number of anilines is 1. The molecule has 0 unspecified atom stereocenters. The van der Waals surface area contributed by atoms with Crippen LogP contribution >= 0.6 is 15.9 Å². The highest BCUT2D eigenvalue weighted by atomic mass is 79.9. The summed E-state index contributed by atoms with van der Waals surface area (Å²) in [5.41, 5.74) is 0.219. The number of carbonyl (C=O) groups is 1. The molecule has 1 saturated heterocycles. The first-order valence-corrected chi connectivity index (χ1v) is 12.9. The van der Waals surface area contributed by atoms with Gasteiger partial charge in [-0.1, -0.05) is 0 Å². The largest absolute Gasteiger partial charge is 0.444 e. The Morgan fingerprint density at radius 1 is 1.38 bits per heavy atom. The van der Waals surface area contributed by atoms with Crippen LogP contribution in [0.2, 0.25) is 0 Å². The fraction of sp³-hybridized carbons (Fsp3) is 0.684. The van der Waals surface area contributed by atoms with E-state index in [4.69, 9.17) is 9.47 Å². The normalized spacial score (nSPS) is 17.2. The summed E-state index contributed by atoms with van der Waals surface area (Å²) < 4.78 is 36.3. The fourth-order valence-electron chi connectivity index (χ4n) is 3.35. The third kappa shape index (κ3) is 5.87. The average molecular weight is 533 g/mol. The van der Waals surface area contributed by atoms with E-state index in [0.29, 0.717) is 41.3 Å². The summed E-state index contributed by atoms with van der Waals surface area (Å²) in [6, 6.07) is 0.0861. The highest BCUT2D eigenvalue weighted by molar-refractivity contribution is 9.10. The van der Waals surface area contributed by atoms with E-state index < -0.39 is 15.6 Å². The van der Waals surface area contributed by atoms with Gasteiger partial charge in [-0.2, -0.15) is 4.09 Å². The number of likely N-dealkylation sites (N-methyl/N-ethyl adjacent to an activating group) is 1. The quantitative estimate of drug-likeness (QED) is 0.494. The molecule has 0 aliphatic carbocycles. The topological polar surface area (TPSA) is 120 Å². The smallest absolute Gasteiger partial charge is 0.410 e. The molecular formula is C19H29BrN6O5S. The van der Waals surface area contributed by atoms with Crippen molar-refractivity contribution in [2.45, 2.75) is 45.3 Å². The number of aromatic nitrogens is 4. The second-order valence-electron chi connectivity index (χ2n) is 8.77. The lowest BCUT2D eigenvalue weighted by Gasteiger charge is -2.26. The Morgan fingerprint density at radius 3 is 2.75 bits per heavy atom. The Balaban J connectivity index is 1.60. The maximum absolute atomic E-state index is 12.0. The molecule has 11 nitrogen and oxygen atoms in total. The summed E-state index contributed by atoms with van der Waals surface area (Å²) >= 11 is 3.29. The Kier molecular flexibility index (Phi) is 7.30. The molecule has 178 valence electrons. The molecule has 0 spiro atoms. The Labute approximate surface area is 196 Å². The van der Waals surface area contributed by atoms with E-state index in [1.165, 1.54) is 11.1 Å². The van der Waals surface area contributed by atoms with Gasteiger partial charge in [-0.25, -0.2) is 23.2 Å². The summed E-state index contributed by atoms with van der Waals surface area (Å²) in [5, 5.41) is 4.02. The van der Waals surface area contributed by atoms with Crippen molar-refractivity contribution < 1.29 is 22.7 Å². The maximum Gasteiger partial charge on any atom is 0.410 e. The molecule has 3 heterocycles. The van der Waals surface area contributed by atoms with Crippen LogP contribution in [0, 0.1) is 0 Å². The molecular weight excluding hydrogens is 504 g/mol. The zero-order valence-corrected chi connectivity index (χ0v) is 21.3. The molecule has 2 aromatic rings. The van der Waals surface area contributed by atoms with E-state index in [1.807, 2.05) is 20.8 Å². The predicted octanol–water partition coefficient (Wildman–Crippen LogP) is 2.25. The predicted molar refractivity (Wildman–Crippen MR) is 123 cm³/mol. The van der Waals surface area contributed by atoms with Crippen molar-refractivity contribution in [3.05, 3.63) is 10.8 Å². The van der Waals surface area contributed by atoms with E-state index >= 15 is 0 Å². The zero-order valence-electron chi connectivity index (χ0n) is 18.9. The van der Waals surface area contributed by atoms with Gasteiger partial charge in [0.05, 0.1) is 31.7 Å². The number of fused-ring (bicyclic) bond motifs is 1. The lowest BCUT2D eigenvalue weighted by atomic mass is 10.2. The second kappa shape index (κ2) is 9.48. The monoisotopic (exact) mass is 532 g/mol. The molecule has 0 bridgehead atoms. The summed E-state index contributed by atoms with van der Waals surface area (Å²) in [4.78, 5) is 24.5. The highest BCUT2D eigenvalue weighted by Gasteiger charge is 2.28. The van der Waals surface area contributed by atoms with Gasteiger partial charge in [-0.15, -0.1) is 5.10 Å². The molecule has 0 aromatic carbocycles. The van der Waals surface area contributed by atoms with E-state index in [9.17, 15) is 13.2 Å². The lowest BCUT2D eigenvalue weighted by molar-refractivity contribution is 0.0225. The molecule has 3 rings (SSSR count). The van der Waals surface area contributed by atoms with Crippen molar-refractivity contribution in [2.75, 3.05) is 44.5 Å². The lowest BCUT2D eigenvalue weighted by Crippen LogP contribution is -2.37. The summed E-state index contributed by atoms with van der Waals surface area (Å²) in [6.45, 7) is 7.52. The van der Waals surface area contributed by atoms with Crippen LogP contribution in [0.5, 0.6) is 0 Å². The average Bonchev–Trinajstić information content (AvgIpc) is 3.27. The highest BCUT2D eigenvalue weighted by Crippen LogP contribution is 2.27. The number of ether oxygens (including phenoxy) is 2. The third-order valence-electron chi connectivity index (χ3n) is 4.87. The molecule has 2 aromatic heterocycles. The molecule has 0 N–H and O–H groups in total. The second-order valence-corrected chi connectivity index (χ2v) is 11.3. The van der Waals surface area contributed by atoms with Crippen molar-refractivity contribution in [2.24, 2.45) is 0 Å². The molecule has 1 aliphatic heterocycles. The van der Waals surface area contributed by atoms with Crippen molar-refractivity contribution >= 4 is 49.0 Å². The van der Waals surface area contributed by atoms with E-state index in [0.717, 1.165) is 29.7 Å². The number of nitrogens with zero attached hydrogens (tertiary/aromatic N) is 6. The van der Waals surface area contributed by atoms with Gasteiger partial charge in [0.1, 0.15) is 16.6 Å². The molecule has 1 atom stereocenters. The standard InChI is InChI=1S/C19H29BrN6O5S/c1-19(2,3)31-18(27)24(4)9-10-30-12-13-7-6-8-25(13)17-21-11-14-15(22-17)16(20)23-26(14)32(5,28)29/h11,13H,6-10,12H2,1-5H3/t13-/m0/s1. The Morgan fingerprint density at radius 2 is 2.09 bits per heavy atom. The van der Waals surface area contributed by atoms with Crippen molar-refractivity contribution in [1.29, 1.82) is 0 Å². The van der Waals surface area contributed by atoms with Gasteiger partial charge < -0.3 is 19.3 Å². The first-order chi connectivity index (χ1) is 14.9. The van der Waals surface area contributed by atoms with E-state index in [1.54, 1.807) is 7.05 Å². The zero-order chi connectivity index (χ0) is 23.7. The Hall–Kier alpha value is -1.99. The number of amides is 1. The van der Waals surface area contributed by atoms with Crippen LogP contribution in [-0.4, -0.2) is 89.8 Å². The molecule has 32 heavy (non-hydrogen) atoms. The van der Waals surface area contributed by atoms with Crippen LogP contribution in [0.15, 0.2) is 10.8 Å². The van der Waals surface area contributed by atoms with Crippen molar-refractivity contribution in [1.82, 2.24) is 24.1 Å². The maximum atomic E-state index is 12.0. The number of rotatable bonds is 7. The van der Waals surface area contributed by atoms with Gasteiger partial charge in [0.2, 0.25) is 5.95 Å². The van der Waals surface area contributed by atoms with E-state index in [-0.39, 0.29) is 12.1 Å². The number of halogens is 1. The summed E-state index contributed by atoms with van der Waals surface area (Å²) in [6.07, 6.45) is 4.06. The minimum Gasteiger partial charge on any atom is -0.444 e. The summed E-state index contributed by atoms with van der Waals surface area (Å²) in [7, 11) is -1.89. The molecule has 0 saturated carbocycles. The number of carbonyl (C=O) groups excluding carboxylic acids is 1. The van der Waals surface area contributed by atoms with Gasteiger partial charge in [-0.05, 0) is 49.5 Å². The molecule has 13 heteroatoms. The van der Waals surface area contributed by atoms with Crippen LogP contribution < -0.4 is 4.90 Å². The number of hydrogen-bond acceptors (Lipinski definition) is 9. The van der Waals surface area contributed by atoms with Crippen LogP contribution in [-0.2, 0) is 19.5 Å². The number of hydrogen-bond donors (Lipinski definition) is 0. The third-order valence-corrected chi connectivity index (χ3v) is 6.31. The minimum absolute atomic E-state index is 0.0861. The van der Waals surface area contributed by atoms with Crippen LogP contribution in [0.1, 0.15) is 33.6 Å². The van der Waals surface area contributed by atoms with Gasteiger partial charge in [-0.3, -0.25) is 0 Å². The molecule has 1 aliphatic rings. The summed E-state index contributed by atoms with van der Waals surface area (Å²) in [5.74, 6) is 0.503. The fourth-order valence-corrected chi connectivity index (χ4v) is 4.63. The Bertz CT molecular complexity index is 1080. The minimum atomic E-state index is -3.56. The van der Waals surface area contributed by atoms with Crippen molar-refractivity contribution in [3.8, 4) is 0 Å². The van der Waals surface area contributed by atoms with Crippen LogP contribution in [0.4, 0.5) is 10.7 Å². The van der Waals surface area contributed by atoms with Crippen LogP contribution in [0.25, 0.3) is 11.0 Å². The van der Waals surface area contributed by atoms with Gasteiger partial charge >= 0.3 is 6.09 Å². The molecule has 0 radical (unpaired) electrons. The first-order valence-electron chi connectivity index (χ1n) is 10.3. The van der Waals surface area contributed by atoms with E-state index in [2.05, 4.69) is 35.9 Å². The van der Waals surface area contributed by atoms with Crippen LogP contribution in [0.3, 0.4) is 0 Å². The van der Waals surface area contributed by atoms with Gasteiger partial charge in [0.15, 0.2) is 4.60 Å². The van der Waals surface area contributed by atoms with Crippen molar-refractivity contribution in [3.63, 3.8) is 0 Å². The van der Waals surface area contributed by atoms with Gasteiger partial charge in [0.25, 0.3) is 10.0 Å². The first kappa shape index (κ1) is 24.6. The van der Waals surface area contributed by atoms with Gasteiger partial charge in [0, 0.05) is 20.1 Å². The molecule has 1 amide bonds.